The monoisotopic (exact) mass is 315 g/mol. The molecule has 1 amide bonds. The Morgan fingerprint density at radius 3 is 2.86 bits per heavy atom. The Bertz CT molecular complexity index is 673. The van der Waals surface area contributed by atoms with E-state index in [-0.39, 0.29) is 11.9 Å². The molecule has 0 radical (unpaired) electrons. The number of nitrogens with zero attached hydrogens (tertiary/aromatic N) is 1. The predicted octanol–water partition coefficient (Wildman–Crippen LogP) is 3.01. The second-order valence-corrected chi connectivity index (χ2v) is 5.91. The number of nitrogens with one attached hydrogen (secondary N) is 2. The fraction of sp³-hybridized carbons (Fsp3) is 0.385. The lowest BCUT2D eigenvalue weighted by atomic mass is 10.1. The number of carbonyl (C=O) groups is 1. The number of rotatable bonds is 2. The van der Waals surface area contributed by atoms with Gasteiger partial charge in [0.05, 0.1) is 15.8 Å². The van der Waals surface area contributed by atoms with Crippen molar-refractivity contribution in [3.05, 3.63) is 23.8 Å². The van der Waals surface area contributed by atoms with Gasteiger partial charge in [0.15, 0.2) is 5.13 Å². The normalized spacial score (nSPS) is 19.6. The molecule has 0 saturated carbocycles. The maximum Gasteiger partial charge on any atom is 0.416 e. The molecule has 1 aliphatic rings. The fourth-order valence-corrected chi connectivity index (χ4v) is 3.12. The van der Waals surface area contributed by atoms with Crippen LogP contribution in [0.25, 0.3) is 10.2 Å². The highest BCUT2D eigenvalue weighted by atomic mass is 32.1. The van der Waals surface area contributed by atoms with Crippen molar-refractivity contribution in [2.24, 2.45) is 0 Å². The van der Waals surface area contributed by atoms with Gasteiger partial charge in [-0.3, -0.25) is 4.79 Å². The number of fused-ring (bicyclic) bond motifs is 1. The van der Waals surface area contributed by atoms with Crippen LogP contribution >= 0.6 is 11.3 Å². The van der Waals surface area contributed by atoms with Crippen LogP contribution in [-0.2, 0) is 11.0 Å². The Labute approximate surface area is 122 Å². The molecule has 1 aromatic carbocycles. The third-order valence-electron chi connectivity index (χ3n) is 3.31. The number of piperidine rings is 1. The molecule has 21 heavy (non-hydrogen) atoms. The van der Waals surface area contributed by atoms with Crippen molar-refractivity contribution in [3.63, 3.8) is 0 Å². The summed E-state index contributed by atoms with van der Waals surface area (Å²) in [5.74, 6) is 0.0205. The average molecular weight is 315 g/mol. The van der Waals surface area contributed by atoms with Crippen LogP contribution in [0.5, 0.6) is 0 Å². The first-order chi connectivity index (χ1) is 9.91. The van der Waals surface area contributed by atoms with Crippen molar-refractivity contribution in [3.8, 4) is 0 Å². The molecule has 1 atom stereocenters. The SMILES string of the molecule is O=C1CCC(Nc2nc3cc(C(F)(F)F)ccc3s2)CN1. The van der Waals surface area contributed by atoms with Crippen molar-refractivity contribution in [2.75, 3.05) is 11.9 Å². The van der Waals surface area contributed by atoms with Gasteiger partial charge in [0.2, 0.25) is 5.91 Å². The quantitative estimate of drug-likeness (QED) is 0.896. The third-order valence-corrected chi connectivity index (χ3v) is 4.28. The summed E-state index contributed by atoms with van der Waals surface area (Å²) in [5, 5.41) is 6.48. The molecule has 2 aromatic rings. The number of anilines is 1. The van der Waals surface area contributed by atoms with Gasteiger partial charge in [-0.2, -0.15) is 13.2 Å². The van der Waals surface area contributed by atoms with Gasteiger partial charge >= 0.3 is 6.18 Å². The van der Waals surface area contributed by atoms with Gasteiger partial charge in [0.1, 0.15) is 0 Å². The van der Waals surface area contributed by atoms with Crippen molar-refractivity contribution in [1.82, 2.24) is 10.3 Å². The Balaban J connectivity index is 1.79. The zero-order valence-corrected chi connectivity index (χ0v) is 11.6. The van der Waals surface area contributed by atoms with Crippen molar-refractivity contribution >= 4 is 32.6 Å². The number of aromatic nitrogens is 1. The smallest absolute Gasteiger partial charge is 0.357 e. The molecule has 0 aliphatic carbocycles. The number of halogens is 3. The Kier molecular flexibility index (Phi) is 3.48. The molecule has 1 unspecified atom stereocenters. The Hall–Kier alpha value is -1.83. The number of benzene rings is 1. The first kappa shape index (κ1) is 14.1. The zero-order valence-electron chi connectivity index (χ0n) is 10.8. The largest absolute Gasteiger partial charge is 0.416 e. The van der Waals surface area contributed by atoms with Gasteiger partial charge in [-0.1, -0.05) is 11.3 Å². The van der Waals surface area contributed by atoms with Gasteiger partial charge in [0.25, 0.3) is 0 Å². The summed E-state index contributed by atoms with van der Waals surface area (Å²) in [7, 11) is 0. The molecular formula is C13H12F3N3OS. The number of alkyl halides is 3. The van der Waals surface area contributed by atoms with E-state index in [0.717, 1.165) is 12.1 Å². The van der Waals surface area contributed by atoms with Crippen LogP contribution in [0.3, 0.4) is 0 Å². The first-order valence-electron chi connectivity index (χ1n) is 6.43. The molecule has 112 valence electrons. The Morgan fingerprint density at radius 2 is 2.19 bits per heavy atom. The topological polar surface area (TPSA) is 54.0 Å². The molecule has 1 saturated heterocycles. The van der Waals surface area contributed by atoms with E-state index in [1.807, 2.05) is 0 Å². The van der Waals surface area contributed by atoms with Crippen molar-refractivity contribution in [2.45, 2.75) is 25.1 Å². The molecule has 1 aromatic heterocycles. The summed E-state index contributed by atoms with van der Waals surface area (Å²) in [4.78, 5) is 15.3. The van der Waals surface area contributed by atoms with Crippen LogP contribution in [0.2, 0.25) is 0 Å². The van der Waals surface area contributed by atoms with Gasteiger partial charge in [-0.15, -0.1) is 0 Å². The summed E-state index contributed by atoms with van der Waals surface area (Å²) in [6.07, 6.45) is -3.23. The van der Waals surface area contributed by atoms with Gasteiger partial charge < -0.3 is 10.6 Å². The molecule has 3 rings (SSSR count). The van der Waals surface area contributed by atoms with Crippen molar-refractivity contribution < 1.29 is 18.0 Å². The van der Waals surface area contributed by atoms with Gasteiger partial charge in [-0.05, 0) is 24.6 Å². The van der Waals surface area contributed by atoms with E-state index in [1.165, 1.54) is 17.4 Å². The summed E-state index contributed by atoms with van der Waals surface area (Å²) < 4.78 is 38.7. The molecule has 2 N–H and O–H groups in total. The number of amides is 1. The van der Waals surface area contributed by atoms with E-state index in [2.05, 4.69) is 15.6 Å². The lowest BCUT2D eigenvalue weighted by molar-refractivity contribution is -0.137. The highest BCUT2D eigenvalue weighted by Crippen LogP contribution is 2.34. The van der Waals surface area contributed by atoms with E-state index in [1.54, 1.807) is 0 Å². The molecule has 8 heteroatoms. The number of hydrogen-bond acceptors (Lipinski definition) is 4. The van der Waals surface area contributed by atoms with Crippen molar-refractivity contribution in [1.29, 1.82) is 0 Å². The minimum atomic E-state index is -4.36. The molecule has 2 heterocycles. The van der Waals surface area contributed by atoms with Crippen LogP contribution in [0, 0.1) is 0 Å². The predicted molar refractivity (Wildman–Crippen MR) is 74.3 cm³/mol. The van der Waals surface area contributed by atoms with Gasteiger partial charge in [0, 0.05) is 19.0 Å². The van der Waals surface area contributed by atoms with Crippen LogP contribution < -0.4 is 10.6 Å². The second kappa shape index (κ2) is 5.18. The maximum absolute atomic E-state index is 12.7. The minimum Gasteiger partial charge on any atom is -0.357 e. The molecular weight excluding hydrogens is 303 g/mol. The lowest BCUT2D eigenvalue weighted by Crippen LogP contribution is -2.41. The molecule has 0 spiro atoms. The Morgan fingerprint density at radius 1 is 1.38 bits per heavy atom. The van der Waals surface area contributed by atoms with E-state index < -0.39 is 11.7 Å². The van der Waals surface area contributed by atoms with E-state index in [0.29, 0.717) is 34.7 Å². The minimum absolute atomic E-state index is 0.0205. The van der Waals surface area contributed by atoms with Gasteiger partial charge in [-0.25, -0.2) is 4.98 Å². The second-order valence-electron chi connectivity index (χ2n) is 4.88. The molecule has 0 bridgehead atoms. The summed E-state index contributed by atoms with van der Waals surface area (Å²) in [5.41, 5.74) is -0.367. The highest BCUT2D eigenvalue weighted by molar-refractivity contribution is 7.22. The molecule has 1 aliphatic heterocycles. The lowest BCUT2D eigenvalue weighted by Gasteiger charge is -2.22. The van der Waals surface area contributed by atoms with Crippen LogP contribution in [0.15, 0.2) is 18.2 Å². The maximum atomic E-state index is 12.7. The van der Waals surface area contributed by atoms with Crippen LogP contribution in [-0.4, -0.2) is 23.5 Å². The summed E-state index contributed by atoms with van der Waals surface area (Å²) >= 11 is 1.31. The summed E-state index contributed by atoms with van der Waals surface area (Å²) in [6.45, 7) is 0.503. The summed E-state index contributed by atoms with van der Waals surface area (Å²) in [6, 6.07) is 3.61. The molecule has 1 fully saturated rings. The number of thiazole rings is 1. The first-order valence-corrected chi connectivity index (χ1v) is 7.24. The fourth-order valence-electron chi connectivity index (χ4n) is 2.20. The molecule has 4 nitrogen and oxygen atoms in total. The van der Waals surface area contributed by atoms with Crippen LogP contribution in [0.1, 0.15) is 18.4 Å². The number of carbonyl (C=O) groups excluding carboxylic acids is 1. The van der Waals surface area contributed by atoms with E-state index in [4.69, 9.17) is 0 Å². The standard InChI is InChI=1S/C13H12F3N3OS/c14-13(15,16)7-1-3-10-9(5-7)19-12(21-10)18-8-2-4-11(20)17-6-8/h1,3,5,8H,2,4,6H2,(H,17,20)(H,18,19). The van der Waals surface area contributed by atoms with E-state index in [9.17, 15) is 18.0 Å². The third kappa shape index (κ3) is 3.10. The average Bonchev–Trinajstić information content (AvgIpc) is 2.81. The van der Waals surface area contributed by atoms with Crippen LogP contribution in [0.4, 0.5) is 18.3 Å². The highest BCUT2D eigenvalue weighted by Gasteiger charge is 2.30. The van der Waals surface area contributed by atoms with E-state index >= 15 is 0 Å². The number of hydrogen-bond donors (Lipinski definition) is 2. The zero-order chi connectivity index (χ0) is 15.0.